The number of anilines is 1. The van der Waals surface area contributed by atoms with Crippen LogP contribution in [0.5, 0.6) is 0 Å². The minimum Gasteiger partial charge on any atom is -0.349 e. The molecule has 3 N–H and O–H groups in total. The van der Waals surface area contributed by atoms with Crippen molar-refractivity contribution in [3.8, 4) is 0 Å². The highest BCUT2D eigenvalue weighted by Crippen LogP contribution is 2.26. The first kappa shape index (κ1) is 18.1. The van der Waals surface area contributed by atoms with Gasteiger partial charge in [-0.1, -0.05) is 6.07 Å². The summed E-state index contributed by atoms with van der Waals surface area (Å²) in [5.74, 6) is -0.849. The van der Waals surface area contributed by atoms with E-state index in [0.717, 1.165) is 5.52 Å². The fourth-order valence-corrected chi connectivity index (χ4v) is 3.56. The van der Waals surface area contributed by atoms with Crippen molar-refractivity contribution in [1.29, 1.82) is 0 Å². The molecular weight excluding hydrogens is 361 g/mol. The van der Waals surface area contributed by atoms with E-state index in [4.69, 9.17) is 0 Å². The molecule has 1 heterocycles. The Morgan fingerprint density at radius 3 is 2.57 bits per heavy atom. The summed E-state index contributed by atoms with van der Waals surface area (Å²) in [6, 6.07) is 11.0. The van der Waals surface area contributed by atoms with E-state index in [-0.39, 0.29) is 23.8 Å². The highest BCUT2D eigenvalue weighted by atomic mass is 19.1. The van der Waals surface area contributed by atoms with Crippen LogP contribution in [0.3, 0.4) is 0 Å². The van der Waals surface area contributed by atoms with Crippen LogP contribution in [0, 0.1) is 11.7 Å². The summed E-state index contributed by atoms with van der Waals surface area (Å²) >= 11 is 0. The predicted molar refractivity (Wildman–Crippen MR) is 102 cm³/mol. The van der Waals surface area contributed by atoms with Crippen LogP contribution in [-0.4, -0.2) is 33.3 Å². The summed E-state index contributed by atoms with van der Waals surface area (Å²) < 4.78 is 13.3. The molecule has 0 radical (unpaired) electrons. The van der Waals surface area contributed by atoms with E-state index in [0.29, 0.717) is 42.5 Å². The number of hydrogen-bond donors (Lipinski definition) is 3. The number of hydrogen-bond acceptors (Lipinski definition) is 4. The van der Waals surface area contributed by atoms with Crippen molar-refractivity contribution in [1.82, 2.24) is 20.7 Å². The Bertz CT molecular complexity index is 1010. The Balaban J connectivity index is 1.29. The van der Waals surface area contributed by atoms with Crippen LogP contribution in [0.15, 0.2) is 42.5 Å². The molecule has 1 fully saturated rings. The van der Waals surface area contributed by atoms with Gasteiger partial charge in [-0.2, -0.15) is 15.4 Å². The molecule has 1 aliphatic carbocycles. The Kier molecular flexibility index (Phi) is 5.01. The molecule has 3 aromatic rings. The van der Waals surface area contributed by atoms with Crippen molar-refractivity contribution in [2.45, 2.75) is 31.7 Å². The SMILES string of the molecule is O=C(NC1CCC(C(=O)Nc2ccc3n[nH]nc3c2)CC1)c1cccc(F)c1. The highest BCUT2D eigenvalue weighted by Gasteiger charge is 2.27. The van der Waals surface area contributed by atoms with Gasteiger partial charge in [0.05, 0.1) is 0 Å². The third-order valence-electron chi connectivity index (χ3n) is 5.10. The maximum Gasteiger partial charge on any atom is 0.251 e. The molecule has 0 unspecified atom stereocenters. The van der Waals surface area contributed by atoms with Gasteiger partial charge in [0, 0.05) is 23.2 Å². The summed E-state index contributed by atoms with van der Waals surface area (Å²) in [6.45, 7) is 0. The van der Waals surface area contributed by atoms with Gasteiger partial charge in [0.25, 0.3) is 5.91 Å². The van der Waals surface area contributed by atoms with Crippen molar-refractivity contribution in [3.63, 3.8) is 0 Å². The Labute approximate surface area is 160 Å². The number of nitrogens with one attached hydrogen (secondary N) is 3. The van der Waals surface area contributed by atoms with Crippen LogP contribution >= 0.6 is 0 Å². The molecule has 2 amide bonds. The second-order valence-electron chi connectivity index (χ2n) is 7.05. The third-order valence-corrected chi connectivity index (χ3v) is 5.10. The van der Waals surface area contributed by atoms with E-state index in [2.05, 4.69) is 26.0 Å². The molecule has 1 aromatic heterocycles. The van der Waals surface area contributed by atoms with Gasteiger partial charge in [0.15, 0.2) is 0 Å². The molecule has 8 heteroatoms. The van der Waals surface area contributed by atoms with Crippen LogP contribution in [0.2, 0.25) is 0 Å². The van der Waals surface area contributed by atoms with Gasteiger partial charge >= 0.3 is 0 Å². The van der Waals surface area contributed by atoms with E-state index >= 15 is 0 Å². The molecule has 0 saturated heterocycles. The molecule has 28 heavy (non-hydrogen) atoms. The molecule has 1 aliphatic rings. The quantitative estimate of drug-likeness (QED) is 0.647. The maximum absolute atomic E-state index is 13.3. The summed E-state index contributed by atoms with van der Waals surface area (Å²) in [4.78, 5) is 24.8. The van der Waals surface area contributed by atoms with Crippen LogP contribution in [-0.2, 0) is 4.79 Å². The summed E-state index contributed by atoms with van der Waals surface area (Å²) in [7, 11) is 0. The number of carbonyl (C=O) groups is 2. The average molecular weight is 381 g/mol. The first-order valence-corrected chi connectivity index (χ1v) is 9.26. The molecule has 4 rings (SSSR count). The average Bonchev–Trinajstić information content (AvgIpc) is 3.16. The number of aromatic amines is 1. The number of halogens is 1. The van der Waals surface area contributed by atoms with Crippen LogP contribution in [0.25, 0.3) is 11.0 Å². The monoisotopic (exact) mass is 381 g/mol. The Hall–Kier alpha value is -3.29. The lowest BCUT2D eigenvalue weighted by Gasteiger charge is -2.28. The van der Waals surface area contributed by atoms with Crippen LogP contribution in [0.1, 0.15) is 36.0 Å². The minimum atomic E-state index is -0.433. The second kappa shape index (κ2) is 7.75. The highest BCUT2D eigenvalue weighted by molar-refractivity contribution is 5.95. The zero-order chi connectivity index (χ0) is 19.5. The minimum absolute atomic E-state index is 0.00806. The first-order valence-electron chi connectivity index (χ1n) is 9.26. The number of rotatable bonds is 4. The van der Waals surface area contributed by atoms with Crippen molar-refractivity contribution >= 4 is 28.5 Å². The molecule has 144 valence electrons. The topological polar surface area (TPSA) is 99.8 Å². The molecule has 1 saturated carbocycles. The van der Waals surface area contributed by atoms with Crippen LogP contribution in [0.4, 0.5) is 10.1 Å². The Morgan fingerprint density at radius 2 is 1.79 bits per heavy atom. The molecule has 2 aromatic carbocycles. The number of H-pyrrole nitrogens is 1. The van der Waals surface area contributed by atoms with Crippen molar-refractivity contribution < 1.29 is 14.0 Å². The second-order valence-corrected chi connectivity index (χ2v) is 7.05. The lowest BCUT2D eigenvalue weighted by atomic mass is 9.85. The fraction of sp³-hybridized carbons (Fsp3) is 0.300. The molecule has 0 spiro atoms. The van der Waals surface area contributed by atoms with E-state index in [1.165, 1.54) is 18.2 Å². The van der Waals surface area contributed by atoms with E-state index in [9.17, 15) is 14.0 Å². The molecule has 0 aliphatic heterocycles. The number of nitrogens with zero attached hydrogens (tertiary/aromatic N) is 2. The van der Waals surface area contributed by atoms with Gasteiger partial charge in [0.1, 0.15) is 16.9 Å². The standard InChI is InChI=1S/C20H20FN5O2/c21-14-3-1-2-13(10-14)20(28)22-15-6-4-12(5-7-15)19(27)23-16-8-9-17-18(11-16)25-26-24-17/h1-3,8-12,15H,4-7H2,(H,22,28)(H,23,27)(H,24,25,26). The Morgan fingerprint density at radius 1 is 1.00 bits per heavy atom. The molecule has 0 bridgehead atoms. The van der Waals surface area contributed by atoms with Gasteiger partial charge in [0.2, 0.25) is 5.91 Å². The lowest BCUT2D eigenvalue weighted by molar-refractivity contribution is -0.120. The van der Waals surface area contributed by atoms with Crippen molar-refractivity contribution in [2.75, 3.05) is 5.32 Å². The van der Waals surface area contributed by atoms with Gasteiger partial charge in [-0.3, -0.25) is 9.59 Å². The third kappa shape index (κ3) is 4.00. The smallest absolute Gasteiger partial charge is 0.251 e. The fourth-order valence-electron chi connectivity index (χ4n) is 3.56. The molecular formula is C20H20FN5O2. The van der Waals surface area contributed by atoms with Gasteiger partial charge in [-0.25, -0.2) is 4.39 Å². The molecule has 0 atom stereocenters. The normalized spacial score (nSPS) is 19.3. The number of fused-ring (bicyclic) bond motifs is 1. The summed E-state index contributed by atoms with van der Waals surface area (Å²) in [6.07, 6.45) is 2.79. The molecule has 7 nitrogen and oxygen atoms in total. The lowest BCUT2D eigenvalue weighted by Crippen LogP contribution is -2.39. The van der Waals surface area contributed by atoms with Crippen LogP contribution < -0.4 is 10.6 Å². The largest absolute Gasteiger partial charge is 0.349 e. The number of benzene rings is 2. The van der Waals surface area contributed by atoms with Gasteiger partial charge < -0.3 is 10.6 Å². The number of amides is 2. The van der Waals surface area contributed by atoms with Crippen molar-refractivity contribution in [2.24, 2.45) is 5.92 Å². The van der Waals surface area contributed by atoms with E-state index < -0.39 is 5.82 Å². The predicted octanol–water partition coefficient (Wildman–Crippen LogP) is 3.02. The van der Waals surface area contributed by atoms with E-state index in [1.54, 1.807) is 24.3 Å². The first-order chi connectivity index (χ1) is 13.6. The van der Waals surface area contributed by atoms with Gasteiger partial charge in [-0.05, 0) is 62.1 Å². The zero-order valence-electron chi connectivity index (χ0n) is 15.1. The van der Waals surface area contributed by atoms with Gasteiger partial charge in [-0.15, -0.1) is 0 Å². The van der Waals surface area contributed by atoms with E-state index in [1.807, 2.05) is 0 Å². The zero-order valence-corrected chi connectivity index (χ0v) is 15.1. The number of carbonyl (C=O) groups excluding carboxylic acids is 2. The van der Waals surface area contributed by atoms with Crippen molar-refractivity contribution in [3.05, 3.63) is 53.8 Å². The maximum atomic E-state index is 13.3. The summed E-state index contributed by atoms with van der Waals surface area (Å²) in [5, 5.41) is 16.4. The number of aromatic nitrogens is 3. The summed E-state index contributed by atoms with van der Waals surface area (Å²) in [5.41, 5.74) is 2.44.